The molecular weight excluding hydrogens is 498 g/mol. The van der Waals surface area contributed by atoms with E-state index in [1.54, 1.807) is 0 Å². The minimum absolute atomic E-state index is 0.117. The van der Waals surface area contributed by atoms with Crippen LogP contribution in [0.2, 0.25) is 0 Å². The fourth-order valence-electron chi connectivity index (χ4n) is 3.09. The molecule has 3 aromatic rings. The van der Waals surface area contributed by atoms with Gasteiger partial charge in [-0.2, -0.15) is 39.5 Å². The van der Waals surface area contributed by atoms with Gasteiger partial charge in [-0.1, -0.05) is 54.6 Å². The maximum absolute atomic E-state index is 15.1. The van der Waals surface area contributed by atoms with Crippen molar-refractivity contribution in [1.82, 2.24) is 0 Å². The summed E-state index contributed by atoms with van der Waals surface area (Å²) in [4.78, 5) is 0.351. The second-order valence-corrected chi connectivity index (χ2v) is 12.8. The highest BCUT2D eigenvalue weighted by molar-refractivity contribution is 8.73. The normalized spacial score (nSPS) is 14.6. The van der Waals surface area contributed by atoms with Gasteiger partial charge in [-0.25, -0.2) is 0 Å². The summed E-state index contributed by atoms with van der Waals surface area (Å²) in [7, 11) is -5.71. The zero-order valence-corrected chi connectivity index (χ0v) is 18.3. The lowest BCUT2D eigenvalue weighted by molar-refractivity contribution is -0.381. The van der Waals surface area contributed by atoms with Crippen LogP contribution in [0.1, 0.15) is 0 Å². The first-order valence-corrected chi connectivity index (χ1v) is 12.6. The Morgan fingerprint density at radius 2 is 0.758 bits per heavy atom. The van der Waals surface area contributed by atoms with Gasteiger partial charge in [-0.05, 0) is 36.4 Å². The van der Waals surface area contributed by atoms with Gasteiger partial charge in [0.05, 0.1) is 0 Å². The fraction of sp³-hybridized carbons (Fsp3) is 0.182. The molecule has 0 N–H and O–H groups in total. The molecule has 0 aromatic heterocycles. The van der Waals surface area contributed by atoms with Gasteiger partial charge in [0.2, 0.25) is 0 Å². The molecule has 11 heteroatoms. The average molecular weight is 514 g/mol. The first kappa shape index (κ1) is 25.4. The van der Waals surface area contributed by atoms with Crippen molar-refractivity contribution >= 4 is 17.4 Å². The molecule has 0 bridgehead atoms. The summed E-state index contributed by atoms with van der Waals surface area (Å²) in [5.74, 6) is -13.6. The Kier molecular flexibility index (Phi) is 6.84. The van der Waals surface area contributed by atoms with Gasteiger partial charge in [0.25, 0.3) is 0 Å². The van der Waals surface area contributed by atoms with E-state index < -0.39 is 41.1 Å². The third-order valence-electron chi connectivity index (χ3n) is 4.72. The van der Waals surface area contributed by atoms with E-state index in [2.05, 4.69) is 0 Å². The van der Waals surface area contributed by atoms with Crippen LogP contribution in [0.25, 0.3) is 0 Å². The molecule has 0 aliphatic heterocycles. The summed E-state index contributed by atoms with van der Waals surface area (Å²) < 4.78 is 124. The van der Waals surface area contributed by atoms with Gasteiger partial charge >= 0.3 is 23.7 Å². The monoisotopic (exact) mass is 514 g/mol. The largest absolute Gasteiger partial charge is 0.460 e. The highest BCUT2D eigenvalue weighted by Gasteiger charge is 2.82. The summed E-state index contributed by atoms with van der Waals surface area (Å²) in [5, 5.41) is 0. The quantitative estimate of drug-likeness (QED) is 0.218. The van der Waals surface area contributed by atoms with Gasteiger partial charge < -0.3 is 0 Å². The predicted molar refractivity (Wildman–Crippen MR) is 111 cm³/mol. The van der Waals surface area contributed by atoms with Crippen molar-refractivity contribution in [3.63, 3.8) is 0 Å². The predicted octanol–water partition coefficient (Wildman–Crippen LogP) is 8.99. The van der Waals surface area contributed by atoms with E-state index in [0.717, 1.165) is 0 Å². The molecule has 0 fully saturated rings. The van der Waals surface area contributed by atoms with Crippen LogP contribution < -0.4 is 0 Å². The Labute approximate surface area is 186 Å². The van der Waals surface area contributed by atoms with Crippen molar-refractivity contribution < 1.29 is 39.5 Å². The van der Waals surface area contributed by atoms with E-state index in [1.807, 2.05) is 0 Å². The van der Waals surface area contributed by atoms with Crippen molar-refractivity contribution in [2.45, 2.75) is 38.4 Å². The third kappa shape index (κ3) is 4.35. The lowest BCUT2D eigenvalue weighted by Crippen LogP contribution is -2.59. The van der Waals surface area contributed by atoms with Gasteiger partial charge in [-0.15, -0.1) is 9.65 Å². The van der Waals surface area contributed by atoms with Crippen molar-refractivity contribution in [2.75, 3.05) is 0 Å². The molecule has 3 aromatic carbocycles. The van der Waals surface area contributed by atoms with Crippen LogP contribution in [-0.2, 0) is 0 Å². The standard InChI is InChI=1S/C22H16F9PS/c23-19(24,21(27,28)29)20(25,26)22(30,31)32-33(16-10-4-1-5-11-16,17-12-6-2-7-13-17)18-14-8-3-9-15-18/h1-15,32H. The van der Waals surface area contributed by atoms with E-state index >= 15 is 8.78 Å². The minimum Gasteiger partial charge on any atom is -0.194 e. The number of rotatable bonds is 7. The van der Waals surface area contributed by atoms with Crippen molar-refractivity contribution in [3.8, 4) is 0 Å². The molecule has 0 amide bonds. The topological polar surface area (TPSA) is 0 Å². The number of halogens is 9. The van der Waals surface area contributed by atoms with Gasteiger partial charge in [0.1, 0.15) is 0 Å². The molecule has 1 atom stereocenters. The first-order valence-electron chi connectivity index (χ1n) is 9.25. The Morgan fingerprint density at radius 1 is 0.455 bits per heavy atom. The Balaban J connectivity index is 2.31. The third-order valence-corrected chi connectivity index (χ3v) is 12.3. The zero-order chi connectivity index (χ0) is 24.5. The molecule has 178 valence electrons. The minimum atomic E-state index is -6.94. The Hall–Kier alpha value is -2.19. The number of benzene rings is 3. The molecule has 33 heavy (non-hydrogen) atoms. The smallest absolute Gasteiger partial charge is 0.194 e. The Bertz CT molecular complexity index is 959. The van der Waals surface area contributed by atoms with E-state index in [0.29, 0.717) is 0 Å². The van der Waals surface area contributed by atoms with Crippen LogP contribution in [0.4, 0.5) is 39.5 Å². The van der Waals surface area contributed by atoms with E-state index in [4.69, 9.17) is 0 Å². The molecule has 1 unspecified atom stereocenters. The Morgan fingerprint density at radius 3 is 1.03 bits per heavy atom. The molecule has 0 radical (unpaired) electrons. The van der Waals surface area contributed by atoms with Crippen LogP contribution in [-0.4, -0.2) is 23.7 Å². The number of hydrogen-bond acceptors (Lipinski definition) is 0. The van der Waals surface area contributed by atoms with E-state index in [1.165, 1.54) is 91.0 Å². The summed E-state index contributed by atoms with van der Waals surface area (Å²) >= 11 is 0. The first-order chi connectivity index (χ1) is 15.3. The van der Waals surface area contributed by atoms with Crippen LogP contribution in [0.3, 0.4) is 0 Å². The van der Waals surface area contributed by atoms with Crippen molar-refractivity contribution in [2.24, 2.45) is 0 Å². The molecule has 0 aliphatic carbocycles. The number of hydrogen-bond donors (Lipinski definition) is 0. The lowest BCUT2D eigenvalue weighted by atomic mass is 10.1. The van der Waals surface area contributed by atoms with Crippen LogP contribution in [0.15, 0.2) is 106 Å². The fourth-order valence-corrected chi connectivity index (χ4v) is 10.4. The molecule has 0 spiro atoms. The molecule has 0 aliphatic rings. The van der Waals surface area contributed by atoms with Crippen LogP contribution >= 0.6 is 17.4 Å². The molecule has 0 saturated carbocycles. The van der Waals surface area contributed by atoms with E-state index in [-0.39, 0.29) is 14.7 Å². The van der Waals surface area contributed by atoms with E-state index in [9.17, 15) is 30.7 Å². The van der Waals surface area contributed by atoms with Crippen molar-refractivity contribution in [3.05, 3.63) is 91.0 Å². The molecule has 0 saturated heterocycles. The zero-order valence-electron chi connectivity index (χ0n) is 16.5. The van der Waals surface area contributed by atoms with Crippen molar-refractivity contribution in [1.29, 1.82) is 0 Å². The molecular formula is C22H16F9PS. The summed E-state index contributed by atoms with van der Waals surface area (Å²) in [6.07, 6.45) is -6.87. The summed E-state index contributed by atoms with van der Waals surface area (Å²) in [6.45, 7) is 0. The highest BCUT2D eigenvalue weighted by atomic mass is 32.8. The average Bonchev–Trinajstić information content (AvgIpc) is 2.78. The maximum atomic E-state index is 15.1. The second kappa shape index (κ2) is 8.87. The van der Waals surface area contributed by atoms with Crippen LogP contribution in [0.5, 0.6) is 0 Å². The van der Waals surface area contributed by atoms with Crippen LogP contribution in [0, 0.1) is 0 Å². The highest BCUT2D eigenvalue weighted by Crippen LogP contribution is 2.85. The summed E-state index contributed by atoms with van der Waals surface area (Å²) in [5.41, 5.74) is -5.71. The second-order valence-electron chi connectivity index (χ2n) is 6.87. The lowest BCUT2D eigenvalue weighted by Gasteiger charge is -2.45. The van der Waals surface area contributed by atoms with Gasteiger partial charge in [0, 0.05) is 22.5 Å². The summed E-state index contributed by atoms with van der Waals surface area (Å²) in [6, 6.07) is 21.6. The molecule has 0 nitrogen and oxygen atoms in total. The molecule has 0 heterocycles. The number of alkyl halides is 9. The SMILES string of the molecule is FC(F)(F)C(F)(F)C(F)(F)C(F)(F)PS(c1ccccc1)(c1ccccc1)c1ccccc1. The van der Waals surface area contributed by atoms with Gasteiger partial charge in [-0.3, -0.25) is 0 Å². The maximum Gasteiger partial charge on any atom is 0.460 e. The van der Waals surface area contributed by atoms with Gasteiger partial charge in [0.15, 0.2) is 0 Å². The molecule has 3 rings (SSSR count).